The average Bonchev–Trinajstić information content (AvgIpc) is 2.74. The first-order valence-electron chi connectivity index (χ1n) is 6.35. The number of halogens is 4. The Hall–Kier alpha value is -2.27. The minimum absolute atomic E-state index is 0.308. The van der Waals surface area contributed by atoms with E-state index in [9.17, 15) is 18.0 Å². The lowest BCUT2D eigenvalue weighted by molar-refractivity contribution is -0.137. The van der Waals surface area contributed by atoms with Crippen LogP contribution in [0.1, 0.15) is 16.7 Å². The molecule has 3 rings (SSSR count). The van der Waals surface area contributed by atoms with E-state index in [2.05, 4.69) is 5.32 Å². The molecule has 0 spiro atoms. The van der Waals surface area contributed by atoms with E-state index in [1.807, 2.05) is 0 Å². The van der Waals surface area contributed by atoms with Crippen molar-refractivity contribution in [3.63, 3.8) is 0 Å². The summed E-state index contributed by atoms with van der Waals surface area (Å²) in [6.07, 6.45) is -2.98. The Morgan fingerprint density at radius 2 is 1.86 bits per heavy atom. The minimum Gasteiger partial charge on any atom is -0.321 e. The Kier molecular flexibility index (Phi) is 3.45. The molecule has 2 aromatic rings. The highest BCUT2D eigenvalue weighted by atomic mass is 35.5. The third-order valence-corrected chi connectivity index (χ3v) is 3.52. The number of benzene rings is 2. The van der Waals surface area contributed by atoms with Crippen molar-refractivity contribution < 1.29 is 18.0 Å². The monoisotopic (exact) mass is 323 g/mol. The fraction of sp³-hybridized carbons (Fsp3) is 0.0625. The largest absolute Gasteiger partial charge is 0.416 e. The molecule has 1 aliphatic rings. The molecule has 1 amide bonds. The topological polar surface area (TPSA) is 29.1 Å². The van der Waals surface area contributed by atoms with E-state index in [1.54, 1.807) is 18.2 Å². The number of carbonyl (C=O) groups excluding carboxylic acids is 1. The molecule has 1 heterocycles. The maximum Gasteiger partial charge on any atom is 0.416 e. The van der Waals surface area contributed by atoms with Gasteiger partial charge in [0, 0.05) is 16.2 Å². The molecule has 0 bridgehead atoms. The number of nitrogens with one attached hydrogen (secondary N) is 1. The summed E-state index contributed by atoms with van der Waals surface area (Å²) in [4.78, 5) is 12.0. The second-order valence-electron chi connectivity index (χ2n) is 4.83. The molecule has 2 aromatic carbocycles. The van der Waals surface area contributed by atoms with Crippen molar-refractivity contribution in [3.05, 3.63) is 64.2 Å². The number of alkyl halides is 3. The molecule has 1 N–H and O–H groups in total. The maximum atomic E-state index is 12.7. The normalized spacial score (nSPS) is 15.8. The number of rotatable bonds is 1. The van der Waals surface area contributed by atoms with Crippen LogP contribution in [-0.2, 0) is 11.0 Å². The predicted octanol–water partition coefficient (Wildman–Crippen LogP) is 4.85. The molecule has 0 unspecified atom stereocenters. The van der Waals surface area contributed by atoms with E-state index in [0.717, 1.165) is 12.1 Å². The van der Waals surface area contributed by atoms with Crippen molar-refractivity contribution in [3.8, 4) is 0 Å². The van der Waals surface area contributed by atoms with Gasteiger partial charge >= 0.3 is 6.18 Å². The van der Waals surface area contributed by atoms with Crippen LogP contribution >= 0.6 is 11.6 Å². The molecule has 6 heteroatoms. The van der Waals surface area contributed by atoms with Gasteiger partial charge in [0.25, 0.3) is 5.91 Å². The van der Waals surface area contributed by atoms with Crippen LogP contribution in [0.4, 0.5) is 18.9 Å². The van der Waals surface area contributed by atoms with Crippen LogP contribution in [0.2, 0.25) is 5.02 Å². The number of hydrogen-bond acceptors (Lipinski definition) is 1. The summed E-state index contributed by atoms with van der Waals surface area (Å²) >= 11 is 5.85. The molecule has 0 fully saturated rings. The Morgan fingerprint density at radius 3 is 2.59 bits per heavy atom. The van der Waals surface area contributed by atoms with Gasteiger partial charge in [0.1, 0.15) is 0 Å². The zero-order chi connectivity index (χ0) is 15.9. The third kappa shape index (κ3) is 2.72. The van der Waals surface area contributed by atoms with E-state index < -0.39 is 11.7 Å². The van der Waals surface area contributed by atoms with Gasteiger partial charge in [0.15, 0.2) is 0 Å². The predicted molar refractivity (Wildman–Crippen MR) is 79.4 cm³/mol. The third-order valence-electron chi connectivity index (χ3n) is 3.29. The molecule has 0 radical (unpaired) electrons. The molecule has 2 nitrogen and oxygen atoms in total. The summed E-state index contributed by atoms with van der Waals surface area (Å²) in [5.41, 5.74) is 1.04. The van der Waals surface area contributed by atoms with Crippen molar-refractivity contribution in [2.75, 3.05) is 5.32 Å². The summed E-state index contributed by atoms with van der Waals surface area (Å²) < 4.78 is 38.2. The summed E-state index contributed by atoms with van der Waals surface area (Å²) in [6, 6.07) is 9.71. The molecular formula is C16H9ClF3NO. The lowest BCUT2D eigenvalue weighted by atomic mass is 10.0. The summed E-state index contributed by atoms with van der Waals surface area (Å²) in [5, 5.41) is 3.11. The van der Waals surface area contributed by atoms with Crippen LogP contribution in [0.15, 0.2) is 42.5 Å². The maximum absolute atomic E-state index is 12.7. The van der Waals surface area contributed by atoms with Gasteiger partial charge in [-0.1, -0.05) is 29.8 Å². The average molecular weight is 324 g/mol. The van der Waals surface area contributed by atoms with Gasteiger partial charge in [-0.15, -0.1) is 0 Å². The molecule has 112 valence electrons. The summed E-state index contributed by atoms with van der Waals surface area (Å²) in [5.74, 6) is -0.366. The standard InChI is InChI=1S/C16H9ClF3NO/c17-11-4-5-12-13(15(22)21-14(12)8-11)7-9-2-1-3-10(6-9)16(18,19)20/h1-8H,(H,21,22)/b13-7+. The van der Waals surface area contributed by atoms with Crippen LogP contribution in [0.3, 0.4) is 0 Å². The second kappa shape index (κ2) is 5.18. The van der Waals surface area contributed by atoms with E-state index in [-0.39, 0.29) is 5.91 Å². The number of fused-ring (bicyclic) bond motifs is 1. The van der Waals surface area contributed by atoms with Gasteiger partial charge in [-0.25, -0.2) is 0 Å². The van der Waals surface area contributed by atoms with Crippen molar-refractivity contribution in [2.24, 2.45) is 0 Å². The SMILES string of the molecule is O=C1Nc2cc(Cl)ccc2/C1=C\c1cccc(C(F)(F)F)c1. The highest BCUT2D eigenvalue weighted by Gasteiger charge is 2.30. The zero-order valence-corrected chi connectivity index (χ0v) is 11.8. The van der Waals surface area contributed by atoms with Crippen molar-refractivity contribution in [1.29, 1.82) is 0 Å². The second-order valence-corrected chi connectivity index (χ2v) is 5.26. The number of anilines is 1. The van der Waals surface area contributed by atoms with Crippen LogP contribution in [0.25, 0.3) is 11.6 Å². The van der Waals surface area contributed by atoms with Crippen molar-refractivity contribution in [1.82, 2.24) is 0 Å². The van der Waals surface area contributed by atoms with Crippen LogP contribution in [-0.4, -0.2) is 5.91 Å². The number of amides is 1. The first-order valence-corrected chi connectivity index (χ1v) is 6.72. The quantitative estimate of drug-likeness (QED) is 0.747. The first-order chi connectivity index (χ1) is 10.3. The van der Waals surface area contributed by atoms with Gasteiger partial charge in [-0.05, 0) is 35.9 Å². The fourth-order valence-corrected chi connectivity index (χ4v) is 2.45. The highest BCUT2D eigenvalue weighted by molar-refractivity contribution is 6.36. The van der Waals surface area contributed by atoms with Crippen LogP contribution in [0.5, 0.6) is 0 Å². The molecular weight excluding hydrogens is 315 g/mol. The highest BCUT2D eigenvalue weighted by Crippen LogP contribution is 2.35. The molecule has 1 aliphatic heterocycles. The van der Waals surface area contributed by atoms with Crippen molar-refractivity contribution >= 4 is 34.8 Å². The lowest BCUT2D eigenvalue weighted by Crippen LogP contribution is -2.05. The molecule has 0 atom stereocenters. The van der Waals surface area contributed by atoms with Gasteiger partial charge in [0.2, 0.25) is 0 Å². The molecule has 0 aromatic heterocycles. The molecule has 0 saturated carbocycles. The Morgan fingerprint density at radius 1 is 1.09 bits per heavy atom. The Bertz CT molecular complexity index is 796. The molecule has 22 heavy (non-hydrogen) atoms. The smallest absolute Gasteiger partial charge is 0.321 e. The van der Waals surface area contributed by atoms with E-state index >= 15 is 0 Å². The Labute approximate surface area is 129 Å². The molecule has 0 aliphatic carbocycles. The Balaban J connectivity index is 2.05. The van der Waals surface area contributed by atoms with E-state index in [4.69, 9.17) is 11.6 Å². The lowest BCUT2D eigenvalue weighted by Gasteiger charge is -2.07. The molecule has 0 saturated heterocycles. The van der Waals surface area contributed by atoms with Gasteiger partial charge < -0.3 is 5.32 Å². The number of hydrogen-bond donors (Lipinski definition) is 1. The van der Waals surface area contributed by atoms with Gasteiger partial charge in [0.05, 0.1) is 11.3 Å². The van der Waals surface area contributed by atoms with Crippen LogP contribution in [0, 0.1) is 0 Å². The summed E-state index contributed by atoms with van der Waals surface area (Å²) in [6.45, 7) is 0. The van der Waals surface area contributed by atoms with Gasteiger partial charge in [-0.3, -0.25) is 4.79 Å². The van der Waals surface area contributed by atoms with E-state index in [0.29, 0.717) is 27.4 Å². The van der Waals surface area contributed by atoms with Crippen molar-refractivity contribution in [2.45, 2.75) is 6.18 Å². The zero-order valence-electron chi connectivity index (χ0n) is 11.0. The van der Waals surface area contributed by atoms with E-state index in [1.165, 1.54) is 18.2 Å². The summed E-state index contributed by atoms with van der Waals surface area (Å²) in [7, 11) is 0. The number of carbonyl (C=O) groups is 1. The minimum atomic E-state index is -4.42. The fourth-order valence-electron chi connectivity index (χ4n) is 2.28. The van der Waals surface area contributed by atoms with Crippen LogP contribution < -0.4 is 5.32 Å². The first kappa shape index (κ1) is 14.7. The van der Waals surface area contributed by atoms with Gasteiger partial charge in [-0.2, -0.15) is 13.2 Å².